The largest absolute Gasteiger partial charge is 0.310 e. The molecule has 0 saturated heterocycles. The van der Waals surface area contributed by atoms with Crippen molar-refractivity contribution in [2.75, 3.05) is 5.32 Å². The van der Waals surface area contributed by atoms with E-state index in [9.17, 15) is 9.59 Å². The smallest absolute Gasteiger partial charge is 0.257 e. The van der Waals surface area contributed by atoms with Crippen LogP contribution in [0.2, 0.25) is 15.1 Å². The quantitative estimate of drug-likeness (QED) is 0.393. The maximum absolute atomic E-state index is 12.8. The summed E-state index contributed by atoms with van der Waals surface area (Å²) in [6.07, 6.45) is 0.132. The first-order chi connectivity index (χ1) is 13.9. The normalized spacial score (nSPS) is 15.7. The predicted molar refractivity (Wildman–Crippen MR) is 117 cm³/mol. The number of carbonyl (C=O) groups is 1. The van der Waals surface area contributed by atoms with E-state index in [-0.39, 0.29) is 23.7 Å². The number of rotatable bonds is 4. The molecule has 1 aliphatic heterocycles. The van der Waals surface area contributed by atoms with Crippen LogP contribution >= 0.6 is 46.6 Å². The van der Waals surface area contributed by atoms with E-state index < -0.39 is 5.92 Å². The minimum absolute atomic E-state index is 0.132. The number of thioether (sulfide) groups is 1. The van der Waals surface area contributed by atoms with E-state index in [0.717, 1.165) is 11.1 Å². The Kier molecular flexibility index (Phi) is 5.88. The van der Waals surface area contributed by atoms with Gasteiger partial charge in [0.25, 0.3) is 5.56 Å². The second-order valence-electron chi connectivity index (χ2n) is 6.53. The molecule has 5 nitrogen and oxygen atoms in total. The molecule has 2 heterocycles. The number of aromatic amines is 1. The molecule has 1 aromatic heterocycles. The summed E-state index contributed by atoms with van der Waals surface area (Å²) in [7, 11) is 0. The Bertz CT molecular complexity index is 1150. The SMILES string of the molecule is O=C1CC(c2ccc(Cl)c(Cl)c2)c2c(nc(SCc3ccc(Cl)cc3)[nH]c2=O)N1. The van der Waals surface area contributed by atoms with Crippen molar-refractivity contribution in [3.8, 4) is 0 Å². The third-order valence-corrected chi connectivity index (χ3v) is 6.50. The van der Waals surface area contributed by atoms with Crippen molar-refractivity contribution in [1.82, 2.24) is 9.97 Å². The van der Waals surface area contributed by atoms with Gasteiger partial charge >= 0.3 is 0 Å². The summed E-state index contributed by atoms with van der Waals surface area (Å²) < 4.78 is 0. The zero-order valence-corrected chi connectivity index (χ0v) is 17.9. The molecule has 0 radical (unpaired) electrons. The monoisotopic (exact) mass is 465 g/mol. The lowest BCUT2D eigenvalue weighted by Crippen LogP contribution is -2.31. The van der Waals surface area contributed by atoms with Crippen molar-refractivity contribution in [1.29, 1.82) is 0 Å². The maximum atomic E-state index is 12.8. The molecule has 0 spiro atoms. The molecule has 4 rings (SSSR count). The fraction of sp³-hybridized carbons (Fsp3) is 0.150. The Morgan fingerprint density at radius 2 is 1.79 bits per heavy atom. The highest BCUT2D eigenvalue weighted by atomic mass is 35.5. The van der Waals surface area contributed by atoms with Crippen LogP contribution in [0, 0.1) is 0 Å². The van der Waals surface area contributed by atoms with E-state index in [1.807, 2.05) is 24.3 Å². The number of fused-ring (bicyclic) bond motifs is 1. The van der Waals surface area contributed by atoms with E-state index >= 15 is 0 Å². The van der Waals surface area contributed by atoms with Gasteiger partial charge in [0, 0.05) is 23.1 Å². The van der Waals surface area contributed by atoms with Gasteiger partial charge in [-0.1, -0.05) is 64.8 Å². The van der Waals surface area contributed by atoms with E-state index in [1.165, 1.54) is 11.8 Å². The number of hydrogen-bond acceptors (Lipinski definition) is 4. The summed E-state index contributed by atoms with van der Waals surface area (Å²) in [5.41, 5.74) is 1.91. The molecule has 2 aromatic carbocycles. The van der Waals surface area contributed by atoms with Crippen LogP contribution in [-0.4, -0.2) is 15.9 Å². The van der Waals surface area contributed by atoms with Crippen molar-refractivity contribution < 1.29 is 4.79 Å². The highest BCUT2D eigenvalue weighted by Gasteiger charge is 2.31. The highest BCUT2D eigenvalue weighted by molar-refractivity contribution is 7.98. The van der Waals surface area contributed by atoms with Crippen molar-refractivity contribution in [3.05, 3.63) is 84.6 Å². The van der Waals surface area contributed by atoms with Crippen LogP contribution in [0.25, 0.3) is 0 Å². The number of hydrogen-bond donors (Lipinski definition) is 2. The zero-order chi connectivity index (χ0) is 20.5. The third kappa shape index (κ3) is 4.46. The first-order valence-corrected chi connectivity index (χ1v) is 10.8. The van der Waals surface area contributed by atoms with E-state index in [4.69, 9.17) is 34.8 Å². The number of aromatic nitrogens is 2. The fourth-order valence-corrected chi connectivity index (χ4v) is 4.41. The lowest BCUT2D eigenvalue weighted by atomic mass is 9.87. The van der Waals surface area contributed by atoms with Gasteiger partial charge in [0.05, 0.1) is 15.6 Å². The van der Waals surface area contributed by atoms with Crippen molar-refractivity contribution in [2.45, 2.75) is 23.2 Å². The van der Waals surface area contributed by atoms with Crippen molar-refractivity contribution in [2.24, 2.45) is 0 Å². The molecule has 0 bridgehead atoms. The third-order valence-electron chi connectivity index (χ3n) is 4.56. The lowest BCUT2D eigenvalue weighted by molar-refractivity contribution is -0.116. The van der Waals surface area contributed by atoms with Crippen LogP contribution in [0.3, 0.4) is 0 Å². The van der Waals surface area contributed by atoms with E-state index in [0.29, 0.717) is 31.5 Å². The van der Waals surface area contributed by atoms with Gasteiger partial charge in [0.1, 0.15) is 5.82 Å². The predicted octanol–water partition coefficient (Wildman–Crippen LogP) is 5.50. The molecule has 1 aliphatic rings. The van der Waals surface area contributed by atoms with Gasteiger partial charge in [-0.15, -0.1) is 0 Å². The molecule has 1 unspecified atom stereocenters. The molecular weight excluding hydrogens is 453 g/mol. The average molecular weight is 467 g/mol. The number of anilines is 1. The van der Waals surface area contributed by atoms with Crippen LogP contribution in [-0.2, 0) is 10.5 Å². The first kappa shape index (κ1) is 20.3. The van der Waals surface area contributed by atoms with Gasteiger partial charge in [-0.05, 0) is 35.4 Å². The lowest BCUT2D eigenvalue weighted by Gasteiger charge is -2.24. The number of carbonyl (C=O) groups excluding carboxylic acids is 1. The molecule has 148 valence electrons. The Morgan fingerprint density at radius 1 is 1.03 bits per heavy atom. The Morgan fingerprint density at radius 3 is 2.52 bits per heavy atom. The standard InChI is InChI=1S/C20H14Cl3N3O2S/c21-12-4-1-10(2-5-12)9-29-20-25-18-17(19(28)26-20)13(8-16(27)24-18)11-3-6-14(22)15(23)7-11/h1-7,13H,8-9H2,(H2,24,25,26,27,28). The number of benzene rings is 2. The minimum Gasteiger partial charge on any atom is -0.310 e. The molecule has 29 heavy (non-hydrogen) atoms. The Balaban J connectivity index is 1.65. The van der Waals surface area contributed by atoms with Crippen LogP contribution in [0.15, 0.2) is 52.4 Å². The van der Waals surface area contributed by atoms with Gasteiger partial charge in [-0.2, -0.15) is 0 Å². The Hall–Kier alpha value is -1.99. The number of nitrogens with zero attached hydrogens (tertiary/aromatic N) is 1. The highest BCUT2D eigenvalue weighted by Crippen LogP contribution is 2.36. The summed E-state index contributed by atoms with van der Waals surface area (Å²) in [6, 6.07) is 12.5. The topological polar surface area (TPSA) is 74.8 Å². The summed E-state index contributed by atoms with van der Waals surface area (Å²) >= 11 is 19.4. The molecule has 0 saturated carbocycles. The first-order valence-electron chi connectivity index (χ1n) is 8.67. The molecule has 3 aromatic rings. The van der Waals surface area contributed by atoms with Gasteiger partial charge in [0.2, 0.25) is 5.91 Å². The van der Waals surface area contributed by atoms with Gasteiger partial charge in [-0.3, -0.25) is 9.59 Å². The van der Waals surface area contributed by atoms with Gasteiger partial charge in [0.15, 0.2) is 5.16 Å². The number of H-pyrrole nitrogens is 1. The number of nitrogens with one attached hydrogen (secondary N) is 2. The molecular formula is C20H14Cl3N3O2S. The van der Waals surface area contributed by atoms with Gasteiger partial charge < -0.3 is 10.3 Å². The van der Waals surface area contributed by atoms with Gasteiger partial charge in [-0.25, -0.2) is 4.98 Å². The number of amides is 1. The minimum atomic E-state index is -0.444. The fourth-order valence-electron chi connectivity index (χ4n) is 3.17. The summed E-state index contributed by atoms with van der Waals surface area (Å²) in [4.78, 5) is 32.4. The molecule has 1 amide bonds. The zero-order valence-electron chi connectivity index (χ0n) is 14.8. The summed E-state index contributed by atoms with van der Waals surface area (Å²) in [5.74, 6) is 0.225. The van der Waals surface area contributed by atoms with Crippen LogP contribution in [0.5, 0.6) is 0 Å². The second-order valence-corrected chi connectivity index (χ2v) is 8.74. The van der Waals surface area contributed by atoms with Crippen LogP contribution < -0.4 is 10.9 Å². The van der Waals surface area contributed by atoms with E-state index in [1.54, 1.807) is 18.2 Å². The van der Waals surface area contributed by atoms with Crippen LogP contribution in [0.4, 0.5) is 5.82 Å². The summed E-state index contributed by atoms with van der Waals surface area (Å²) in [5, 5.41) is 4.59. The summed E-state index contributed by atoms with van der Waals surface area (Å²) in [6.45, 7) is 0. The number of halogens is 3. The Labute approximate surface area is 185 Å². The van der Waals surface area contributed by atoms with Crippen molar-refractivity contribution >= 4 is 58.3 Å². The van der Waals surface area contributed by atoms with E-state index in [2.05, 4.69) is 15.3 Å². The molecule has 0 aliphatic carbocycles. The molecule has 2 N–H and O–H groups in total. The van der Waals surface area contributed by atoms with Crippen LogP contribution in [0.1, 0.15) is 29.0 Å². The molecule has 9 heteroatoms. The molecule has 0 fully saturated rings. The molecule has 1 atom stereocenters. The van der Waals surface area contributed by atoms with Crippen molar-refractivity contribution in [3.63, 3.8) is 0 Å². The average Bonchev–Trinajstić information content (AvgIpc) is 2.68. The second kappa shape index (κ2) is 8.40. The maximum Gasteiger partial charge on any atom is 0.257 e.